The number of nitrogens with one attached hydrogen (secondary N) is 1. The van der Waals surface area contributed by atoms with Crippen molar-refractivity contribution in [2.45, 2.75) is 26.4 Å². The molecular formula is C13H16ClN3. The molecule has 1 atom stereocenters. The Morgan fingerprint density at radius 3 is 2.65 bits per heavy atom. The molecule has 0 amide bonds. The van der Waals surface area contributed by atoms with E-state index in [2.05, 4.69) is 30.5 Å². The van der Waals surface area contributed by atoms with E-state index in [4.69, 9.17) is 11.6 Å². The highest BCUT2D eigenvalue weighted by Gasteiger charge is 2.07. The molecule has 1 aromatic carbocycles. The summed E-state index contributed by atoms with van der Waals surface area (Å²) < 4.78 is 1.93. The summed E-state index contributed by atoms with van der Waals surface area (Å²) in [4.78, 5) is 0. The number of aromatic nitrogens is 2. The van der Waals surface area contributed by atoms with Crippen molar-refractivity contribution >= 4 is 17.3 Å². The van der Waals surface area contributed by atoms with E-state index in [-0.39, 0.29) is 6.04 Å². The van der Waals surface area contributed by atoms with Crippen molar-refractivity contribution in [1.29, 1.82) is 0 Å². The molecule has 0 spiro atoms. The van der Waals surface area contributed by atoms with E-state index in [1.165, 1.54) is 5.56 Å². The lowest BCUT2D eigenvalue weighted by atomic mass is 10.2. The van der Waals surface area contributed by atoms with Crippen LogP contribution in [0.1, 0.15) is 25.5 Å². The van der Waals surface area contributed by atoms with Gasteiger partial charge in [0.05, 0.1) is 12.2 Å². The van der Waals surface area contributed by atoms with Crippen LogP contribution in [0.2, 0.25) is 5.02 Å². The van der Waals surface area contributed by atoms with Gasteiger partial charge < -0.3 is 5.32 Å². The third-order valence-electron chi connectivity index (χ3n) is 2.70. The topological polar surface area (TPSA) is 29.9 Å². The van der Waals surface area contributed by atoms with Crippen LogP contribution in [-0.2, 0) is 6.54 Å². The monoisotopic (exact) mass is 249 g/mol. The van der Waals surface area contributed by atoms with Crippen LogP contribution in [0.4, 0.5) is 5.69 Å². The Bertz CT molecular complexity index is 476. The maximum absolute atomic E-state index is 5.85. The fraction of sp³-hybridized carbons (Fsp3) is 0.308. The maximum Gasteiger partial charge on any atom is 0.0542 e. The molecule has 90 valence electrons. The van der Waals surface area contributed by atoms with Gasteiger partial charge in [0.15, 0.2) is 0 Å². The van der Waals surface area contributed by atoms with Crippen LogP contribution in [0.5, 0.6) is 0 Å². The van der Waals surface area contributed by atoms with E-state index in [9.17, 15) is 0 Å². The molecule has 0 fully saturated rings. The largest absolute Gasteiger partial charge is 0.378 e. The van der Waals surface area contributed by atoms with Gasteiger partial charge in [0.25, 0.3) is 0 Å². The molecule has 3 nitrogen and oxygen atoms in total. The van der Waals surface area contributed by atoms with Crippen molar-refractivity contribution < 1.29 is 0 Å². The van der Waals surface area contributed by atoms with Gasteiger partial charge in [-0.3, -0.25) is 4.68 Å². The molecular weight excluding hydrogens is 234 g/mol. The quantitative estimate of drug-likeness (QED) is 0.895. The van der Waals surface area contributed by atoms with Gasteiger partial charge in [-0.25, -0.2) is 0 Å². The fourth-order valence-corrected chi connectivity index (χ4v) is 1.78. The van der Waals surface area contributed by atoms with Crippen LogP contribution >= 0.6 is 11.6 Å². The number of rotatable bonds is 4. The van der Waals surface area contributed by atoms with Gasteiger partial charge >= 0.3 is 0 Å². The molecule has 17 heavy (non-hydrogen) atoms. The highest BCUT2D eigenvalue weighted by atomic mass is 35.5. The number of hydrogen-bond acceptors (Lipinski definition) is 2. The standard InChI is InChI=1S/C13H16ClN3/c1-3-17-9-11(8-15-17)10(2)16-13-6-4-12(14)5-7-13/h4-10,16H,3H2,1-2H3. The van der Waals surface area contributed by atoms with Crippen LogP contribution in [0.15, 0.2) is 36.7 Å². The lowest BCUT2D eigenvalue weighted by Gasteiger charge is -2.13. The molecule has 0 radical (unpaired) electrons. The first kappa shape index (κ1) is 12.0. The molecule has 0 aliphatic carbocycles. The van der Waals surface area contributed by atoms with E-state index >= 15 is 0 Å². The summed E-state index contributed by atoms with van der Waals surface area (Å²) in [6.45, 7) is 5.09. The third kappa shape index (κ3) is 3.01. The predicted octanol–water partition coefficient (Wildman–Crippen LogP) is 3.73. The Hall–Kier alpha value is -1.48. The second-order valence-corrected chi connectivity index (χ2v) is 4.44. The Morgan fingerprint density at radius 1 is 1.35 bits per heavy atom. The Labute approximate surface area is 106 Å². The number of aryl methyl sites for hydroxylation is 1. The maximum atomic E-state index is 5.85. The van der Waals surface area contributed by atoms with Crippen LogP contribution in [0.25, 0.3) is 0 Å². The van der Waals surface area contributed by atoms with Gasteiger partial charge in [-0.05, 0) is 38.1 Å². The van der Waals surface area contributed by atoms with E-state index < -0.39 is 0 Å². The Balaban J connectivity index is 2.05. The van der Waals surface area contributed by atoms with E-state index in [1.54, 1.807) is 0 Å². The zero-order valence-corrected chi connectivity index (χ0v) is 10.8. The second kappa shape index (κ2) is 5.23. The van der Waals surface area contributed by atoms with Crippen molar-refractivity contribution in [3.05, 3.63) is 47.2 Å². The van der Waals surface area contributed by atoms with Gasteiger partial charge in [0, 0.05) is 29.0 Å². The second-order valence-electron chi connectivity index (χ2n) is 4.00. The number of hydrogen-bond donors (Lipinski definition) is 1. The average molecular weight is 250 g/mol. The molecule has 2 rings (SSSR count). The van der Waals surface area contributed by atoms with Crippen molar-refractivity contribution in [3.63, 3.8) is 0 Å². The minimum Gasteiger partial charge on any atom is -0.378 e. The van der Waals surface area contributed by atoms with Crippen LogP contribution in [0.3, 0.4) is 0 Å². The van der Waals surface area contributed by atoms with E-state index in [0.717, 1.165) is 17.3 Å². The van der Waals surface area contributed by atoms with Crippen LogP contribution in [-0.4, -0.2) is 9.78 Å². The fourth-order valence-electron chi connectivity index (χ4n) is 1.66. The highest BCUT2D eigenvalue weighted by Crippen LogP contribution is 2.20. The number of anilines is 1. The molecule has 2 aromatic rings. The molecule has 4 heteroatoms. The molecule has 0 bridgehead atoms. The molecule has 0 aliphatic heterocycles. The van der Waals surface area contributed by atoms with Gasteiger partial charge in [-0.15, -0.1) is 0 Å². The molecule has 1 unspecified atom stereocenters. The lowest BCUT2D eigenvalue weighted by molar-refractivity contribution is 0.658. The summed E-state index contributed by atoms with van der Waals surface area (Å²) in [5.74, 6) is 0. The normalized spacial score (nSPS) is 12.4. The van der Waals surface area contributed by atoms with Crippen molar-refractivity contribution in [2.75, 3.05) is 5.32 Å². The minimum atomic E-state index is 0.233. The number of nitrogens with zero attached hydrogens (tertiary/aromatic N) is 2. The summed E-state index contributed by atoms with van der Waals surface area (Å²) in [6.07, 6.45) is 3.96. The summed E-state index contributed by atoms with van der Waals surface area (Å²) in [5, 5.41) is 8.43. The van der Waals surface area contributed by atoms with Crippen molar-refractivity contribution in [2.24, 2.45) is 0 Å². The summed E-state index contributed by atoms with van der Waals surface area (Å²) in [7, 11) is 0. The Kier molecular flexibility index (Phi) is 3.69. The van der Waals surface area contributed by atoms with Gasteiger partial charge in [-0.2, -0.15) is 5.10 Å². The molecule has 1 heterocycles. The third-order valence-corrected chi connectivity index (χ3v) is 2.96. The molecule has 0 aliphatic rings. The molecule has 0 saturated heterocycles. The Morgan fingerprint density at radius 2 is 2.06 bits per heavy atom. The first-order chi connectivity index (χ1) is 8.19. The van der Waals surface area contributed by atoms with Crippen LogP contribution < -0.4 is 5.32 Å². The highest BCUT2D eigenvalue weighted by molar-refractivity contribution is 6.30. The summed E-state index contributed by atoms with van der Waals surface area (Å²) in [5.41, 5.74) is 2.24. The van der Waals surface area contributed by atoms with Gasteiger partial charge in [-0.1, -0.05) is 11.6 Å². The summed E-state index contributed by atoms with van der Waals surface area (Å²) in [6, 6.07) is 7.95. The molecule has 1 aromatic heterocycles. The smallest absolute Gasteiger partial charge is 0.0542 e. The molecule has 1 N–H and O–H groups in total. The number of benzene rings is 1. The summed E-state index contributed by atoms with van der Waals surface area (Å²) >= 11 is 5.85. The zero-order valence-electron chi connectivity index (χ0n) is 10.0. The van der Waals surface area contributed by atoms with Gasteiger partial charge in [0.1, 0.15) is 0 Å². The van der Waals surface area contributed by atoms with Crippen molar-refractivity contribution in [1.82, 2.24) is 9.78 Å². The number of halogens is 1. The predicted molar refractivity (Wildman–Crippen MR) is 71.4 cm³/mol. The first-order valence-corrected chi connectivity index (χ1v) is 6.11. The first-order valence-electron chi connectivity index (χ1n) is 5.73. The SMILES string of the molecule is CCn1cc(C(C)Nc2ccc(Cl)cc2)cn1. The van der Waals surface area contributed by atoms with Gasteiger partial charge in [0.2, 0.25) is 0 Å². The zero-order chi connectivity index (χ0) is 12.3. The lowest BCUT2D eigenvalue weighted by Crippen LogP contribution is -2.05. The molecule has 0 saturated carbocycles. The average Bonchev–Trinajstić information content (AvgIpc) is 2.81. The van der Waals surface area contributed by atoms with E-state index in [0.29, 0.717) is 0 Å². The van der Waals surface area contributed by atoms with E-state index in [1.807, 2.05) is 35.1 Å². The minimum absolute atomic E-state index is 0.233. The van der Waals surface area contributed by atoms with Crippen molar-refractivity contribution in [3.8, 4) is 0 Å². The van der Waals surface area contributed by atoms with Crippen LogP contribution in [0, 0.1) is 0 Å².